The minimum absolute atomic E-state index is 0.0700. The van der Waals surface area contributed by atoms with Gasteiger partial charge < -0.3 is 14.8 Å². The Labute approximate surface area is 407 Å². The minimum atomic E-state index is -0.384. The number of likely N-dealkylation sites (tertiary alicyclic amines) is 1. The number of carbonyl (C=O) groups excluding carboxylic acids is 2. The molecular formula is C51H39Cl4F4N5O4. The van der Waals surface area contributed by atoms with Gasteiger partial charge in [-0.1, -0.05) is 51.6 Å². The van der Waals surface area contributed by atoms with Gasteiger partial charge in [-0.05, 0) is 163 Å². The van der Waals surface area contributed by atoms with Gasteiger partial charge in [-0.3, -0.25) is 9.59 Å². The first kappa shape index (κ1) is 49.7. The number of Topliss-reactive ketones (excluding diaryl/α,β-unsaturated/α-hetero) is 2. The molecule has 1 fully saturated rings. The van der Waals surface area contributed by atoms with E-state index in [4.69, 9.17) is 56.3 Å². The van der Waals surface area contributed by atoms with Crippen molar-refractivity contribution in [2.75, 3.05) is 20.1 Å². The number of aromatic nitrogens is 3. The largest absolute Gasteiger partial charge is 0.490 e. The number of hydrogen-bond acceptors (Lipinski definition) is 9. The Morgan fingerprint density at radius 1 is 0.618 bits per heavy atom. The molecule has 5 aromatic carbocycles. The molecule has 0 bridgehead atoms. The number of hydrogen-bond donors (Lipinski definition) is 1. The molecule has 68 heavy (non-hydrogen) atoms. The SMILES string of the molecule is CN1CCC(Oc2ccc3cnc(Cl)cc3c2)CC1.Fc1ccc2c(Cl)nc(Cl)cc2c1.Fc1ccc2cnc(Cl)cc2c1.O=C1/C(=N/O)Cc2cc(F)ccc21.O=C1CCc2cc(F)ccc21. The van der Waals surface area contributed by atoms with Gasteiger partial charge in [0.15, 0.2) is 5.78 Å². The predicted molar refractivity (Wildman–Crippen MR) is 259 cm³/mol. The Morgan fingerprint density at radius 2 is 1.16 bits per heavy atom. The van der Waals surface area contributed by atoms with E-state index in [2.05, 4.69) is 32.1 Å². The van der Waals surface area contributed by atoms with E-state index in [1.165, 1.54) is 54.6 Å². The van der Waals surface area contributed by atoms with Crippen molar-refractivity contribution in [3.8, 4) is 5.75 Å². The number of nitrogens with zero attached hydrogens (tertiary/aromatic N) is 5. The zero-order chi connectivity index (χ0) is 48.5. The molecule has 0 saturated carbocycles. The molecule has 1 saturated heterocycles. The molecule has 9 nitrogen and oxygen atoms in total. The smallest absolute Gasteiger partial charge is 0.211 e. The molecule has 0 atom stereocenters. The van der Waals surface area contributed by atoms with Crippen LogP contribution < -0.4 is 4.74 Å². The second-order valence-electron chi connectivity index (χ2n) is 15.8. The number of ether oxygens (including phenoxy) is 1. The van der Waals surface area contributed by atoms with E-state index in [9.17, 15) is 27.2 Å². The van der Waals surface area contributed by atoms with Gasteiger partial charge >= 0.3 is 0 Å². The molecule has 4 heterocycles. The highest BCUT2D eigenvalue weighted by Crippen LogP contribution is 2.27. The van der Waals surface area contributed by atoms with E-state index >= 15 is 0 Å². The van der Waals surface area contributed by atoms with Crippen LogP contribution in [0.2, 0.25) is 20.6 Å². The molecule has 1 N–H and O–H groups in total. The summed E-state index contributed by atoms with van der Waals surface area (Å²) in [5.74, 6) is -0.471. The van der Waals surface area contributed by atoms with Gasteiger partial charge in [-0.15, -0.1) is 0 Å². The lowest BCUT2D eigenvalue weighted by molar-refractivity contribution is 0.0993. The van der Waals surface area contributed by atoms with E-state index in [1.54, 1.807) is 42.7 Å². The fourth-order valence-corrected chi connectivity index (χ4v) is 8.39. The normalized spacial score (nSPS) is 14.8. The van der Waals surface area contributed by atoms with Crippen LogP contribution in [0.25, 0.3) is 32.3 Å². The summed E-state index contributed by atoms with van der Waals surface area (Å²) in [6, 6.07) is 28.2. The van der Waals surface area contributed by atoms with Gasteiger partial charge in [0, 0.05) is 65.6 Å². The van der Waals surface area contributed by atoms with Crippen molar-refractivity contribution < 1.29 is 37.1 Å². The number of pyridine rings is 3. The standard InChI is InChI=1S/C15H17ClN2O.C9H4Cl2FN.C9H5ClFN.C9H6FNO2.C9H7FO/c1-18-6-4-13(5-7-18)19-14-3-2-11-10-17-15(16)9-12(11)8-14;10-8-4-5-3-6(12)1-2-7(5)9(11)13-8;10-9-4-7-3-8(11)2-1-6(7)5-12-9;10-6-1-2-7-5(3-6)4-8(11-13)9(7)12;10-7-2-3-8-6(5-7)1-4-9(8)11/h2-3,8-10,13H,4-7H2,1H3;1-4H;1-5H;1-3,13H,4H2;2-3,5H,1,4H2/b;;;11-8+;. The third kappa shape index (κ3) is 13.1. The lowest BCUT2D eigenvalue weighted by Gasteiger charge is -2.29. The van der Waals surface area contributed by atoms with Crippen LogP contribution in [0.15, 0.2) is 127 Å². The summed E-state index contributed by atoms with van der Waals surface area (Å²) in [5.41, 5.74) is 2.63. The van der Waals surface area contributed by atoms with Crippen molar-refractivity contribution >= 4 is 96.0 Å². The number of halogens is 8. The number of carbonyl (C=O) groups is 2. The molecule has 17 heteroatoms. The maximum atomic E-state index is 12.8. The van der Waals surface area contributed by atoms with Crippen molar-refractivity contribution in [1.82, 2.24) is 19.9 Å². The predicted octanol–water partition coefficient (Wildman–Crippen LogP) is 13.4. The van der Waals surface area contributed by atoms with Crippen molar-refractivity contribution in [3.05, 3.63) is 188 Å². The van der Waals surface area contributed by atoms with Gasteiger partial charge in [-0.25, -0.2) is 32.5 Å². The van der Waals surface area contributed by atoms with Crippen LogP contribution in [0.3, 0.4) is 0 Å². The summed E-state index contributed by atoms with van der Waals surface area (Å²) in [4.78, 5) is 36.5. The van der Waals surface area contributed by atoms with E-state index in [0.29, 0.717) is 61.9 Å². The maximum Gasteiger partial charge on any atom is 0.211 e. The van der Waals surface area contributed by atoms with Crippen LogP contribution in [-0.2, 0) is 12.8 Å². The highest BCUT2D eigenvalue weighted by atomic mass is 35.5. The molecule has 0 amide bonds. The summed E-state index contributed by atoms with van der Waals surface area (Å²) in [7, 11) is 2.15. The van der Waals surface area contributed by atoms with Crippen molar-refractivity contribution in [3.63, 3.8) is 0 Å². The highest BCUT2D eigenvalue weighted by molar-refractivity contribution is 6.49. The average molecular weight is 1000 g/mol. The van der Waals surface area contributed by atoms with Crippen molar-refractivity contribution in [1.29, 1.82) is 0 Å². The Bertz CT molecular complexity index is 3150. The third-order valence-corrected chi connectivity index (χ3v) is 11.9. The lowest BCUT2D eigenvalue weighted by atomic mass is 10.1. The molecule has 0 unspecified atom stereocenters. The Balaban J connectivity index is 0.000000128. The molecule has 3 aliphatic rings. The van der Waals surface area contributed by atoms with Crippen LogP contribution >= 0.6 is 46.4 Å². The second kappa shape index (κ2) is 22.7. The van der Waals surface area contributed by atoms with Gasteiger partial charge in [0.25, 0.3) is 0 Å². The van der Waals surface area contributed by atoms with Gasteiger partial charge in [0.1, 0.15) is 61.4 Å². The molecule has 0 spiro atoms. The van der Waals surface area contributed by atoms with Gasteiger partial charge in [0.05, 0.1) is 0 Å². The van der Waals surface area contributed by atoms with Crippen molar-refractivity contribution in [2.45, 2.75) is 38.2 Å². The fourth-order valence-electron chi connectivity index (χ4n) is 7.55. The Hall–Kier alpha value is -6.22. The molecular weight excluding hydrogens is 964 g/mol. The third-order valence-electron chi connectivity index (χ3n) is 11.0. The molecule has 1 aliphatic heterocycles. The van der Waals surface area contributed by atoms with Crippen molar-refractivity contribution in [2.24, 2.45) is 5.16 Å². The fraction of sp³-hybridized carbons (Fsp3) is 0.176. The van der Waals surface area contributed by atoms with Crippen LogP contribution in [0, 0.1) is 23.3 Å². The highest BCUT2D eigenvalue weighted by Gasteiger charge is 2.27. The van der Waals surface area contributed by atoms with Crippen LogP contribution in [0.4, 0.5) is 17.6 Å². The number of ketones is 2. The number of piperidine rings is 1. The first-order chi connectivity index (χ1) is 32.6. The summed E-state index contributed by atoms with van der Waals surface area (Å²) < 4.78 is 56.8. The van der Waals surface area contributed by atoms with Crippen LogP contribution in [0.5, 0.6) is 5.75 Å². The number of rotatable bonds is 2. The topological polar surface area (TPSA) is 118 Å². The zero-order valence-electron chi connectivity index (χ0n) is 36.0. The molecule has 11 rings (SSSR count). The summed E-state index contributed by atoms with van der Waals surface area (Å²) in [6.07, 6.45) is 7.37. The van der Waals surface area contributed by atoms with Crippen LogP contribution in [-0.4, -0.2) is 68.6 Å². The second-order valence-corrected chi connectivity index (χ2v) is 17.3. The molecule has 2 aliphatic carbocycles. The maximum absolute atomic E-state index is 12.8. The monoisotopic (exact) mass is 1000 g/mol. The summed E-state index contributed by atoms with van der Waals surface area (Å²) in [6.45, 7) is 2.21. The van der Waals surface area contributed by atoms with E-state index < -0.39 is 0 Å². The van der Waals surface area contributed by atoms with E-state index in [-0.39, 0.29) is 52.1 Å². The van der Waals surface area contributed by atoms with E-state index in [0.717, 1.165) is 58.8 Å². The molecule has 8 aromatic rings. The number of aryl methyl sites for hydroxylation is 1. The first-order valence-corrected chi connectivity index (χ1v) is 22.5. The molecule has 348 valence electrons. The number of oxime groups is 1. The lowest BCUT2D eigenvalue weighted by Crippen LogP contribution is -2.35. The zero-order valence-corrected chi connectivity index (χ0v) is 39.0. The van der Waals surface area contributed by atoms with Crippen LogP contribution in [0.1, 0.15) is 51.1 Å². The molecule has 3 aromatic heterocycles. The quantitative estimate of drug-likeness (QED) is 0.0787. The van der Waals surface area contributed by atoms with Gasteiger partial charge in [-0.2, -0.15) is 0 Å². The van der Waals surface area contributed by atoms with E-state index in [1.807, 2.05) is 24.3 Å². The number of fused-ring (bicyclic) bond motifs is 5. The Morgan fingerprint density at radius 3 is 1.82 bits per heavy atom. The molecule has 0 radical (unpaired) electrons. The van der Waals surface area contributed by atoms with Gasteiger partial charge in [0.2, 0.25) is 5.78 Å². The first-order valence-electron chi connectivity index (χ1n) is 21.0. The average Bonchev–Trinajstić information content (AvgIpc) is 3.84. The number of benzene rings is 5. The Kier molecular flexibility index (Phi) is 16.6. The minimum Gasteiger partial charge on any atom is -0.490 e. The summed E-state index contributed by atoms with van der Waals surface area (Å²) in [5, 5.41) is 17.9. The summed E-state index contributed by atoms with van der Waals surface area (Å²) >= 11 is 23.0.